The van der Waals surface area contributed by atoms with Crippen LogP contribution in [0.25, 0.3) is 0 Å². The van der Waals surface area contributed by atoms with Gasteiger partial charge in [0.05, 0.1) is 13.5 Å². The van der Waals surface area contributed by atoms with E-state index in [9.17, 15) is 4.79 Å². The summed E-state index contributed by atoms with van der Waals surface area (Å²) in [5.41, 5.74) is 7.78. The van der Waals surface area contributed by atoms with Crippen LogP contribution in [0.2, 0.25) is 0 Å². The second-order valence-corrected chi connectivity index (χ2v) is 3.88. The molecule has 1 unspecified atom stereocenters. The van der Waals surface area contributed by atoms with Crippen LogP contribution in [0, 0.1) is 6.92 Å². The molecule has 0 saturated heterocycles. The van der Waals surface area contributed by atoms with Crippen LogP contribution in [0.4, 0.5) is 0 Å². The van der Waals surface area contributed by atoms with E-state index in [-0.39, 0.29) is 12.5 Å². The van der Waals surface area contributed by atoms with Gasteiger partial charge >= 0.3 is 5.97 Å². The molecule has 88 valence electrons. The van der Waals surface area contributed by atoms with E-state index in [0.717, 1.165) is 16.9 Å². The van der Waals surface area contributed by atoms with E-state index in [0.29, 0.717) is 6.42 Å². The fourth-order valence-corrected chi connectivity index (χ4v) is 1.60. The molecule has 0 spiro atoms. The van der Waals surface area contributed by atoms with Gasteiger partial charge in [0.15, 0.2) is 0 Å². The summed E-state index contributed by atoms with van der Waals surface area (Å²) < 4.78 is 5.23. The second kappa shape index (κ2) is 5.51. The maximum absolute atomic E-state index is 10.5. The fourth-order valence-electron chi connectivity index (χ4n) is 1.60. The van der Waals surface area contributed by atoms with Gasteiger partial charge in [0.2, 0.25) is 0 Å². The number of nitrogens with two attached hydrogens (primary N) is 1. The Morgan fingerprint density at radius 2 is 2.25 bits per heavy atom. The molecule has 1 atom stereocenters. The molecule has 0 aromatic heterocycles. The van der Waals surface area contributed by atoms with Crippen LogP contribution < -0.4 is 10.5 Å². The molecule has 0 aliphatic rings. The van der Waals surface area contributed by atoms with Gasteiger partial charge in [-0.05, 0) is 30.5 Å². The molecule has 4 nitrogen and oxygen atoms in total. The van der Waals surface area contributed by atoms with E-state index in [2.05, 4.69) is 0 Å². The van der Waals surface area contributed by atoms with Crippen molar-refractivity contribution in [2.75, 3.05) is 7.11 Å². The molecule has 0 amide bonds. The van der Waals surface area contributed by atoms with Crippen molar-refractivity contribution in [3.63, 3.8) is 0 Å². The summed E-state index contributed by atoms with van der Waals surface area (Å²) in [6.07, 6.45) is 0.479. The van der Waals surface area contributed by atoms with Gasteiger partial charge < -0.3 is 15.6 Å². The monoisotopic (exact) mass is 223 g/mol. The van der Waals surface area contributed by atoms with Crippen molar-refractivity contribution < 1.29 is 14.6 Å². The minimum Gasteiger partial charge on any atom is -0.496 e. The van der Waals surface area contributed by atoms with Crippen molar-refractivity contribution in [1.29, 1.82) is 0 Å². The molecule has 1 aromatic rings. The Morgan fingerprint density at radius 3 is 2.81 bits per heavy atom. The number of hydrogen-bond donors (Lipinski definition) is 2. The third-order valence-corrected chi connectivity index (χ3v) is 2.36. The summed E-state index contributed by atoms with van der Waals surface area (Å²) in [4.78, 5) is 10.5. The number of ether oxygens (including phenoxy) is 1. The lowest BCUT2D eigenvalue weighted by Crippen LogP contribution is -2.26. The Kier molecular flexibility index (Phi) is 4.31. The molecule has 1 aromatic carbocycles. The van der Waals surface area contributed by atoms with Gasteiger partial charge in [-0.3, -0.25) is 4.79 Å². The van der Waals surface area contributed by atoms with E-state index in [1.807, 2.05) is 25.1 Å². The third-order valence-electron chi connectivity index (χ3n) is 2.36. The Balaban J connectivity index is 2.76. The SMILES string of the molecule is COc1cc(C)ccc1CC(N)CC(=O)O. The van der Waals surface area contributed by atoms with E-state index in [4.69, 9.17) is 15.6 Å². The number of methoxy groups -OCH3 is 1. The fraction of sp³-hybridized carbons (Fsp3) is 0.417. The number of aliphatic carboxylic acids is 1. The van der Waals surface area contributed by atoms with Gasteiger partial charge in [-0.2, -0.15) is 0 Å². The average molecular weight is 223 g/mol. The van der Waals surface area contributed by atoms with Crippen LogP contribution in [0.3, 0.4) is 0 Å². The molecular weight excluding hydrogens is 206 g/mol. The van der Waals surface area contributed by atoms with Crippen molar-refractivity contribution >= 4 is 5.97 Å². The molecule has 4 heteroatoms. The second-order valence-electron chi connectivity index (χ2n) is 3.88. The van der Waals surface area contributed by atoms with Crippen LogP contribution in [-0.2, 0) is 11.2 Å². The minimum atomic E-state index is -0.876. The van der Waals surface area contributed by atoms with Gasteiger partial charge in [-0.1, -0.05) is 12.1 Å². The molecule has 0 radical (unpaired) electrons. The van der Waals surface area contributed by atoms with Crippen molar-refractivity contribution in [3.05, 3.63) is 29.3 Å². The lowest BCUT2D eigenvalue weighted by atomic mass is 10.0. The topological polar surface area (TPSA) is 72.5 Å². The Hall–Kier alpha value is -1.55. The van der Waals surface area contributed by atoms with Gasteiger partial charge in [-0.15, -0.1) is 0 Å². The quantitative estimate of drug-likeness (QED) is 0.790. The molecule has 0 aliphatic heterocycles. The third kappa shape index (κ3) is 3.55. The normalized spacial score (nSPS) is 12.2. The van der Waals surface area contributed by atoms with Crippen molar-refractivity contribution in [3.8, 4) is 5.75 Å². The Morgan fingerprint density at radius 1 is 1.56 bits per heavy atom. The van der Waals surface area contributed by atoms with Crippen LogP contribution >= 0.6 is 0 Å². The number of hydrogen-bond acceptors (Lipinski definition) is 3. The number of carbonyl (C=O) groups is 1. The summed E-state index contributed by atoms with van der Waals surface area (Å²) >= 11 is 0. The zero-order valence-corrected chi connectivity index (χ0v) is 9.56. The predicted molar refractivity (Wildman–Crippen MR) is 61.7 cm³/mol. The van der Waals surface area contributed by atoms with Crippen molar-refractivity contribution in [2.24, 2.45) is 5.73 Å². The first kappa shape index (κ1) is 12.5. The first-order chi connectivity index (χ1) is 7.52. The summed E-state index contributed by atoms with van der Waals surface area (Å²) in [6, 6.07) is 5.43. The van der Waals surface area contributed by atoms with Crippen molar-refractivity contribution in [1.82, 2.24) is 0 Å². The summed E-state index contributed by atoms with van der Waals surface area (Å²) in [5, 5.41) is 8.62. The van der Waals surface area contributed by atoms with E-state index in [1.54, 1.807) is 7.11 Å². The van der Waals surface area contributed by atoms with Crippen LogP contribution in [0.1, 0.15) is 17.5 Å². The molecule has 0 bridgehead atoms. The highest BCUT2D eigenvalue weighted by molar-refractivity contribution is 5.67. The smallest absolute Gasteiger partial charge is 0.304 e. The highest BCUT2D eigenvalue weighted by atomic mass is 16.5. The molecule has 0 aliphatic carbocycles. The molecule has 3 N–H and O–H groups in total. The largest absolute Gasteiger partial charge is 0.496 e. The van der Waals surface area contributed by atoms with Crippen LogP contribution in [-0.4, -0.2) is 24.2 Å². The van der Waals surface area contributed by atoms with E-state index >= 15 is 0 Å². The number of rotatable bonds is 5. The average Bonchev–Trinajstić information content (AvgIpc) is 2.19. The summed E-state index contributed by atoms with van der Waals surface area (Å²) in [6.45, 7) is 1.98. The Bertz CT molecular complexity index is 377. The van der Waals surface area contributed by atoms with Gasteiger partial charge in [0.25, 0.3) is 0 Å². The van der Waals surface area contributed by atoms with Crippen LogP contribution in [0.5, 0.6) is 5.75 Å². The zero-order valence-electron chi connectivity index (χ0n) is 9.56. The van der Waals surface area contributed by atoms with Crippen molar-refractivity contribution in [2.45, 2.75) is 25.8 Å². The van der Waals surface area contributed by atoms with Gasteiger partial charge in [0.1, 0.15) is 5.75 Å². The lowest BCUT2D eigenvalue weighted by Gasteiger charge is -2.13. The molecule has 16 heavy (non-hydrogen) atoms. The molecule has 0 saturated carbocycles. The number of carboxylic acids is 1. The van der Waals surface area contributed by atoms with Gasteiger partial charge in [-0.25, -0.2) is 0 Å². The lowest BCUT2D eigenvalue weighted by molar-refractivity contribution is -0.137. The maximum atomic E-state index is 10.5. The first-order valence-electron chi connectivity index (χ1n) is 5.14. The molecule has 1 rings (SSSR count). The number of benzene rings is 1. The van der Waals surface area contributed by atoms with Gasteiger partial charge in [0, 0.05) is 6.04 Å². The molecule has 0 heterocycles. The number of carboxylic acid groups (broad SMARTS) is 1. The molecular formula is C12H17NO3. The highest BCUT2D eigenvalue weighted by Gasteiger charge is 2.11. The molecule has 0 fully saturated rings. The Labute approximate surface area is 95.0 Å². The highest BCUT2D eigenvalue weighted by Crippen LogP contribution is 2.21. The van der Waals surface area contributed by atoms with Crippen LogP contribution in [0.15, 0.2) is 18.2 Å². The standard InChI is InChI=1S/C12H17NO3/c1-8-3-4-9(11(5-8)16-2)6-10(13)7-12(14)15/h3-5,10H,6-7,13H2,1-2H3,(H,14,15). The maximum Gasteiger partial charge on any atom is 0.304 e. The minimum absolute atomic E-state index is 0.0307. The predicted octanol–water partition coefficient (Wildman–Crippen LogP) is 1.35. The zero-order chi connectivity index (χ0) is 12.1. The first-order valence-corrected chi connectivity index (χ1v) is 5.14. The summed E-state index contributed by atoms with van der Waals surface area (Å²) in [7, 11) is 1.60. The van der Waals surface area contributed by atoms with E-state index in [1.165, 1.54) is 0 Å². The van der Waals surface area contributed by atoms with E-state index < -0.39 is 5.97 Å². The number of aryl methyl sites for hydroxylation is 1. The summed E-state index contributed by atoms with van der Waals surface area (Å²) in [5.74, 6) is -0.112.